The Kier molecular flexibility index (Phi) is 6.95. The number of nitrogens with two attached hydrogens (primary N) is 1. The Hall–Kier alpha value is -4.35. The molecule has 0 atom stereocenters. The number of carbonyl (C=O) groups is 1. The quantitative estimate of drug-likeness (QED) is 0.337. The molecule has 2 amide bonds. The molecule has 11 heteroatoms. The van der Waals surface area contributed by atoms with Crippen LogP contribution in [0.1, 0.15) is 0 Å². The van der Waals surface area contributed by atoms with Crippen LogP contribution < -0.4 is 19.0 Å². The zero-order valence-corrected chi connectivity index (χ0v) is 20.2. The van der Waals surface area contributed by atoms with Gasteiger partial charge in [-0.25, -0.2) is 4.79 Å². The predicted molar refractivity (Wildman–Crippen MR) is 133 cm³/mol. The predicted octanol–water partition coefficient (Wildman–Crippen LogP) is 4.44. The average molecular weight is 525 g/mol. The molecule has 0 heterocycles. The molecule has 184 valence electrons. The van der Waals surface area contributed by atoms with Crippen molar-refractivity contribution in [3.8, 4) is 11.5 Å². The molecule has 36 heavy (non-hydrogen) atoms. The van der Waals surface area contributed by atoms with Gasteiger partial charge in [-0.1, -0.05) is 36.4 Å². The number of hydrogen-bond donors (Lipinski definition) is 1. The first kappa shape index (κ1) is 24.8. The van der Waals surface area contributed by atoms with Crippen molar-refractivity contribution in [2.75, 3.05) is 4.90 Å². The highest BCUT2D eigenvalue weighted by Gasteiger charge is 2.20. The van der Waals surface area contributed by atoms with E-state index in [1.54, 1.807) is 36.4 Å². The van der Waals surface area contributed by atoms with Gasteiger partial charge in [0.15, 0.2) is 0 Å². The number of nitrogens with zero attached hydrogens (tertiary/aromatic N) is 1. The third kappa shape index (κ3) is 5.65. The monoisotopic (exact) mass is 524 g/mol. The average Bonchev–Trinajstić information content (AvgIpc) is 2.87. The van der Waals surface area contributed by atoms with Crippen LogP contribution in [0.2, 0.25) is 0 Å². The molecular weight excluding hydrogens is 504 g/mol. The van der Waals surface area contributed by atoms with Crippen molar-refractivity contribution in [3.05, 3.63) is 109 Å². The molecule has 0 spiro atoms. The molecule has 0 fully saturated rings. The van der Waals surface area contributed by atoms with E-state index in [4.69, 9.17) is 14.1 Å². The fourth-order valence-electron chi connectivity index (χ4n) is 3.23. The molecule has 0 aromatic heterocycles. The summed E-state index contributed by atoms with van der Waals surface area (Å²) in [5.41, 5.74) is 6.23. The van der Waals surface area contributed by atoms with Gasteiger partial charge >= 0.3 is 26.3 Å². The molecule has 9 nitrogen and oxygen atoms in total. The maximum absolute atomic E-state index is 12.4. The van der Waals surface area contributed by atoms with Crippen LogP contribution in [0.25, 0.3) is 0 Å². The Morgan fingerprint density at radius 3 is 1.19 bits per heavy atom. The van der Waals surface area contributed by atoms with E-state index >= 15 is 0 Å². The molecule has 0 aliphatic carbocycles. The summed E-state index contributed by atoms with van der Waals surface area (Å²) in [7, 11) is -8.05. The van der Waals surface area contributed by atoms with E-state index in [0.717, 1.165) is 4.90 Å². The van der Waals surface area contributed by atoms with Gasteiger partial charge in [-0.3, -0.25) is 4.90 Å². The maximum atomic E-state index is 12.4. The van der Waals surface area contributed by atoms with Crippen LogP contribution in [-0.4, -0.2) is 22.9 Å². The van der Waals surface area contributed by atoms with Crippen molar-refractivity contribution in [2.24, 2.45) is 5.73 Å². The van der Waals surface area contributed by atoms with Gasteiger partial charge in [-0.2, -0.15) is 16.8 Å². The lowest BCUT2D eigenvalue weighted by Crippen LogP contribution is -2.31. The molecule has 4 rings (SSSR count). The molecule has 2 N–H and O–H groups in total. The third-order valence-corrected chi connectivity index (χ3v) is 7.41. The minimum absolute atomic E-state index is 0.00410. The fourth-order valence-corrected chi connectivity index (χ4v) is 5.13. The molecule has 0 saturated heterocycles. The Morgan fingerprint density at radius 1 is 0.556 bits per heavy atom. The minimum atomic E-state index is -4.02. The third-order valence-electron chi connectivity index (χ3n) is 4.89. The van der Waals surface area contributed by atoms with Crippen LogP contribution in [0.4, 0.5) is 16.2 Å². The van der Waals surface area contributed by atoms with Gasteiger partial charge in [0.2, 0.25) is 0 Å². The normalized spacial score (nSPS) is 11.4. The lowest BCUT2D eigenvalue weighted by molar-refractivity contribution is 0.256. The van der Waals surface area contributed by atoms with E-state index in [9.17, 15) is 21.6 Å². The number of primary amides is 1. The van der Waals surface area contributed by atoms with Crippen molar-refractivity contribution in [2.45, 2.75) is 9.79 Å². The van der Waals surface area contributed by atoms with Crippen LogP contribution in [0.15, 0.2) is 119 Å². The van der Waals surface area contributed by atoms with E-state index in [1.165, 1.54) is 72.8 Å². The first-order chi connectivity index (χ1) is 17.2. The number of amides is 2. The summed E-state index contributed by atoms with van der Waals surface area (Å²) in [4.78, 5) is 13.4. The standard InChI is InChI=1S/C25H20N2O7S2/c26-25(28)27(19-11-15-21(16-12-19)33-35(29,30)23-7-3-1-4-8-23)20-13-17-22(18-14-20)34-36(31,32)24-9-5-2-6-10-24/h1-18H,(H2,26,28). The first-order valence-corrected chi connectivity index (χ1v) is 13.3. The summed E-state index contributed by atoms with van der Waals surface area (Å²) >= 11 is 0. The summed E-state index contributed by atoms with van der Waals surface area (Å²) in [5, 5.41) is 0. The lowest BCUT2D eigenvalue weighted by atomic mass is 10.2. The second-order valence-corrected chi connectivity index (χ2v) is 10.5. The number of anilines is 2. The highest BCUT2D eigenvalue weighted by molar-refractivity contribution is 7.87. The highest BCUT2D eigenvalue weighted by Crippen LogP contribution is 2.30. The molecular formula is C25H20N2O7S2. The summed E-state index contributed by atoms with van der Waals surface area (Å²) in [6.45, 7) is 0. The van der Waals surface area contributed by atoms with Gasteiger partial charge in [0.25, 0.3) is 0 Å². The van der Waals surface area contributed by atoms with Crippen molar-refractivity contribution in [1.82, 2.24) is 0 Å². The van der Waals surface area contributed by atoms with Crippen LogP contribution in [-0.2, 0) is 20.2 Å². The van der Waals surface area contributed by atoms with Crippen molar-refractivity contribution >= 4 is 37.6 Å². The molecule has 0 saturated carbocycles. The van der Waals surface area contributed by atoms with Gasteiger partial charge in [0.05, 0.1) is 11.4 Å². The molecule has 4 aromatic rings. The molecule has 0 aliphatic rings. The zero-order valence-electron chi connectivity index (χ0n) is 18.6. The molecule has 0 radical (unpaired) electrons. The summed E-state index contributed by atoms with van der Waals surface area (Å²) < 4.78 is 59.9. The Bertz CT molecular complexity index is 1440. The first-order valence-electron chi connectivity index (χ1n) is 10.4. The zero-order chi connectivity index (χ0) is 25.8. The number of benzene rings is 4. The van der Waals surface area contributed by atoms with Crippen molar-refractivity contribution < 1.29 is 30.0 Å². The maximum Gasteiger partial charge on any atom is 0.339 e. The lowest BCUT2D eigenvalue weighted by Gasteiger charge is -2.21. The Labute approximate surface area is 208 Å². The molecule has 0 bridgehead atoms. The number of rotatable bonds is 8. The topological polar surface area (TPSA) is 133 Å². The Morgan fingerprint density at radius 2 is 0.889 bits per heavy atom. The van der Waals surface area contributed by atoms with Crippen molar-refractivity contribution in [1.29, 1.82) is 0 Å². The molecule has 0 unspecified atom stereocenters. The number of carbonyl (C=O) groups excluding carboxylic acids is 1. The smallest absolute Gasteiger partial charge is 0.339 e. The van der Waals surface area contributed by atoms with E-state index in [1.807, 2.05) is 0 Å². The fraction of sp³-hybridized carbons (Fsp3) is 0. The Balaban J connectivity index is 1.52. The van der Waals surface area contributed by atoms with E-state index in [0.29, 0.717) is 11.4 Å². The van der Waals surface area contributed by atoms with Crippen LogP contribution in [0.3, 0.4) is 0 Å². The van der Waals surface area contributed by atoms with E-state index in [-0.39, 0.29) is 21.3 Å². The van der Waals surface area contributed by atoms with Gasteiger partial charge in [0.1, 0.15) is 21.3 Å². The van der Waals surface area contributed by atoms with E-state index in [2.05, 4.69) is 0 Å². The second kappa shape index (κ2) is 10.1. The van der Waals surface area contributed by atoms with Gasteiger partial charge in [0, 0.05) is 0 Å². The minimum Gasteiger partial charge on any atom is -0.379 e. The summed E-state index contributed by atoms with van der Waals surface area (Å²) in [6.07, 6.45) is 0. The summed E-state index contributed by atoms with van der Waals surface area (Å²) in [6, 6.07) is 25.9. The van der Waals surface area contributed by atoms with Gasteiger partial charge in [-0.15, -0.1) is 0 Å². The van der Waals surface area contributed by atoms with E-state index < -0.39 is 26.3 Å². The number of hydrogen-bond acceptors (Lipinski definition) is 7. The van der Waals surface area contributed by atoms with Gasteiger partial charge in [-0.05, 0) is 72.8 Å². The largest absolute Gasteiger partial charge is 0.379 e. The van der Waals surface area contributed by atoms with Crippen LogP contribution >= 0.6 is 0 Å². The van der Waals surface area contributed by atoms with Crippen LogP contribution in [0.5, 0.6) is 11.5 Å². The highest BCUT2D eigenvalue weighted by atomic mass is 32.2. The van der Waals surface area contributed by atoms with Crippen LogP contribution in [0, 0.1) is 0 Å². The number of urea groups is 1. The van der Waals surface area contributed by atoms with Crippen molar-refractivity contribution in [3.63, 3.8) is 0 Å². The molecule has 4 aromatic carbocycles. The summed E-state index contributed by atoms with van der Waals surface area (Å²) in [5.74, 6) is 0.0868. The second-order valence-electron chi connectivity index (χ2n) is 7.36. The SMILES string of the molecule is NC(=O)N(c1ccc(OS(=O)(=O)c2ccccc2)cc1)c1ccc(OS(=O)(=O)c2ccccc2)cc1. The molecule has 0 aliphatic heterocycles. The van der Waals surface area contributed by atoms with Gasteiger partial charge < -0.3 is 14.1 Å².